The first kappa shape index (κ1) is 13.9. The van der Waals surface area contributed by atoms with Gasteiger partial charge < -0.3 is 15.7 Å². The van der Waals surface area contributed by atoms with E-state index in [9.17, 15) is 9.50 Å². The van der Waals surface area contributed by atoms with Crippen LogP contribution < -0.4 is 10.6 Å². The minimum atomic E-state index is -0.357. The standard InChI is InChI=1S/C13H21FN2O/c1-9(17)7-8-16(3)12-6-4-5-11(14)13(12)10(2)15/h4-6,9-10,17H,7-8,15H2,1-3H3/t9?,10-/m0/s1. The molecule has 1 aromatic rings. The van der Waals surface area contributed by atoms with Crippen molar-refractivity contribution in [3.05, 3.63) is 29.6 Å². The molecule has 0 saturated heterocycles. The molecule has 0 amide bonds. The van der Waals surface area contributed by atoms with E-state index in [1.165, 1.54) is 6.07 Å². The summed E-state index contributed by atoms with van der Waals surface area (Å²) in [4.78, 5) is 1.93. The van der Waals surface area contributed by atoms with Gasteiger partial charge in [-0.15, -0.1) is 0 Å². The molecule has 1 aromatic carbocycles. The number of aliphatic hydroxyl groups excluding tert-OH is 1. The molecule has 0 aliphatic carbocycles. The van der Waals surface area contributed by atoms with Crippen molar-refractivity contribution in [2.24, 2.45) is 5.73 Å². The second kappa shape index (κ2) is 5.98. The third-order valence-corrected chi connectivity index (χ3v) is 2.78. The summed E-state index contributed by atoms with van der Waals surface area (Å²) in [6, 6.07) is 4.60. The molecule has 4 heteroatoms. The van der Waals surface area contributed by atoms with Gasteiger partial charge in [0.05, 0.1) is 6.10 Å². The van der Waals surface area contributed by atoms with Crippen molar-refractivity contribution in [1.29, 1.82) is 0 Å². The number of benzene rings is 1. The Morgan fingerprint density at radius 1 is 1.41 bits per heavy atom. The fourth-order valence-electron chi connectivity index (χ4n) is 1.81. The second-order valence-corrected chi connectivity index (χ2v) is 4.52. The molecule has 2 atom stereocenters. The van der Waals surface area contributed by atoms with E-state index in [0.717, 1.165) is 5.69 Å². The maximum Gasteiger partial charge on any atom is 0.130 e. The van der Waals surface area contributed by atoms with Crippen LogP contribution in [0.25, 0.3) is 0 Å². The lowest BCUT2D eigenvalue weighted by atomic mass is 10.0. The number of nitrogens with zero attached hydrogens (tertiary/aromatic N) is 1. The third kappa shape index (κ3) is 3.68. The van der Waals surface area contributed by atoms with Crippen molar-refractivity contribution >= 4 is 5.69 Å². The molecule has 0 radical (unpaired) electrons. The van der Waals surface area contributed by atoms with E-state index in [1.807, 2.05) is 18.0 Å². The Morgan fingerprint density at radius 2 is 2.06 bits per heavy atom. The van der Waals surface area contributed by atoms with Gasteiger partial charge in [0.15, 0.2) is 0 Å². The molecule has 0 spiro atoms. The first-order valence-electron chi connectivity index (χ1n) is 5.86. The quantitative estimate of drug-likeness (QED) is 0.828. The lowest BCUT2D eigenvalue weighted by molar-refractivity contribution is 0.187. The van der Waals surface area contributed by atoms with Crippen molar-refractivity contribution in [3.63, 3.8) is 0 Å². The molecular formula is C13H21FN2O. The van der Waals surface area contributed by atoms with Gasteiger partial charge in [0.25, 0.3) is 0 Å². The van der Waals surface area contributed by atoms with Gasteiger partial charge in [-0.1, -0.05) is 6.07 Å². The minimum Gasteiger partial charge on any atom is -0.393 e. The predicted molar refractivity (Wildman–Crippen MR) is 68.6 cm³/mol. The van der Waals surface area contributed by atoms with Crippen LogP contribution in [-0.4, -0.2) is 24.8 Å². The van der Waals surface area contributed by atoms with E-state index in [-0.39, 0.29) is 18.0 Å². The number of hydrogen-bond donors (Lipinski definition) is 2. The Balaban J connectivity index is 2.92. The molecule has 0 bridgehead atoms. The van der Waals surface area contributed by atoms with Gasteiger partial charge in [-0.05, 0) is 32.4 Å². The van der Waals surface area contributed by atoms with Crippen LogP contribution in [0.3, 0.4) is 0 Å². The van der Waals surface area contributed by atoms with Gasteiger partial charge in [0.2, 0.25) is 0 Å². The fraction of sp³-hybridized carbons (Fsp3) is 0.538. The van der Waals surface area contributed by atoms with Crippen molar-refractivity contribution < 1.29 is 9.50 Å². The van der Waals surface area contributed by atoms with Crippen LogP contribution in [0.15, 0.2) is 18.2 Å². The topological polar surface area (TPSA) is 49.5 Å². The van der Waals surface area contributed by atoms with Gasteiger partial charge >= 0.3 is 0 Å². The fourth-order valence-corrected chi connectivity index (χ4v) is 1.81. The third-order valence-electron chi connectivity index (χ3n) is 2.78. The molecule has 3 N–H and O–H groups in total. The van der Waals surface area contributed by atoms with Gasteiger partial charge in [0, 0.05) is 30.9 Å². The van der Waals surface area contributed by atoms with Gasteiger partial charge in [-0.2, -0.15) is 0 Å². The summed E-state index contributed by atoms with van der Waals surface area (Å²) in [6.07, 6.45) is 0.288. The van der Waals surface area contributed by atoms with Crippen LogP contribution >= 0.6 is 0 Å². The number of hydrogen-bond acceptors (Lipinski definition) is 3. The molecule has 0 saturated carbocycles. The zero-order chi connectivity index (χ0) is 13.0. The molecule has 1 unspecified atom stereocenters. The first-order chi connectivity index (χ1) is 7.93. The Hall–Kier alpha value is -1.13. The van der Waals surface area contributed by atoms with Crippen molar-refractivity contribution in [3.8, 4) is 0 Å². The van der Waals surface area contributed by atoms with Crippen LogP contribution in [0.4, 0.5) is 10.1 Å². The highest BCUT2D eigenvalue weighted by Gasteiger charge is 2.15. The number of aliphatic hydroxyl groups is 1. The molecule has 0 aliphatic rings. The Labute approximate surface area is 102 Å². The average molecular weight is 240 g/mol. The smallest absolute Gasteiger partial charge is 0.130 e. The van der Waals surface area contributed by atoms with Crippen LogP contribution in [0.2, 0.25) is 0 Å². The molecule has 0 fully saturated rings. The van der Waals surface area contributed by atoms with Crippen LogP contribution in [-0.2, 0) is 0 Å². The largest absolute Gasteiger partial charge is 0.393 e. The summed E-state index contributed by atoms with van der Waals surface area (Å²) in [7, 11) is 1.88. The van der Waals surface area contributed by atoms with Crippen LogP contribution in [0.1, 0.15) is 31.9 Å². The number of rotatable bonds is 5. The maximum atomic E-state index is 13.7. The lowest BCUT2D eigenvalue weighted by Crippen LogP contribution is -2.24. The predicted octanol–water partition coefficient (Wildman–Crippen LogP) is 2.05. The Kier molecular flexibility index (Phi) is 4.90. The van der Waals surface area contributed by atoms with E-state index >= 15 is 0 Å². The normalized spacial score (nSPS) is 14.5. The lowest BCUT2D eigenvalue weighted by Gasteiger charge is -2.24. The average Bonchev–Trinajstić information content (AvgIpc) is 2.24. The minimum absolute atomic E-state index is 0.276. The highest BCUT2D eigenvalue weighted by molar-refractivity contribution is 5.54. The SMILES string of the molecule is CC(O)CCN(C)c1cccc(F)c1[C@H](C)N. The highest BCUT2D eigenvalue weighted by atomic mass is 19.1. The van der Waals surface area contributed by atoms with Gasteiger partial charge in [-0.25, -0.2) is 4.39 Å². The zero-order valence-corrected chi connectivity index (χ0v) is 10.7. The van der Waals surface area contributed by atoms with Crippen molar-refractivity contribution in [2.75, 3.05) is 18.5 Å². The maximum absolute atomic E-state index is 13.7. The molecule has 0 aliphatic heterocycles. The van der Waals surface area contributed by atoms with E-state index in [4.69, 9.17) is 5.73 Å². The van der Waals surface area contributed by atoms with Crippen LogP contribution in [0, 0.1) is 5.82 Å². The number of halogens is 1. The molecule has 96 valence electrons. The van der Waals surface area contributed by atoms with E-state index in [2.05, 4.69) is 0 Å². The molecule has 1 rings (SSSR count). The molecular weight excluding hydrogens is 219 g/mol. The van der Waals surface area contributed by atoms with E-state index < -0.39 is 0 Å². The number of nitrogens with two attached hydrogens (primary N) is 1. The first-order valence-corrected chi connectivity index (χ1v) is 5.86. The highest BCUT2D eigenvalue weighted by Crippen LogP contribution is 2.27. The molecule has 17 heavy (non-hydrogen) atoms. The van der Waals surface area contributed by atoms with E-state index in [1.54, 1.807) is 19.9 Å². The molecule has 0 heterocycles. The Bertz CT molecular complexity index is 366. The van der Waals surface area contributed by atoms with E-state index in [0.29, 0.717) is 18.5 Å². The number of anilines is 1. The summed E-state index contributed by atoms with van der Waals surface area (Å²) >= 11 is 0. The van der Waals surface area contributed by atoms with Gasteiger partial charge in [0.1, 0.15) is 5.82 Å². The summed E-state index contributed by atoms with van der Waals surface area (Å²) in [6.45, 7) is 4.18. The molecule has 3 nitrogen and oxygen atoms in total. The summed E-state index contributed by atoms with van der Waals surface area (Å²) in [5.74, 6) is -0.276. The second-order valence-electron chi connectivity index (χ2n) is 4.52. The summed E-state index contributed by atoms with van der Waals surface area (Å²) < 4.78 is 13.7. The summed E-state index contributed by atoms with van der Waals surface area (Å²) in [5, 5.41) is 9.26. The van der Waals surface area contributed by atoms with Crippen molar-refractivity contribution in [2.45, 2.75) is 32.4 Å². The zero-order valence-electron chi connectivity index (χ0n) is 10.7. The van der Waals surface area contributed by atoms with Crippen LogP contribution in [0.5, 0.6) is 0 Å². The molecule has 0 aromatic heterocycles. The van der Waals surface area contributed by atoms with Gasteiger partial charge in [-0.3, -0.25) is 0 Å². The monoisotopic (exact) mass is 240 g/mol. The van der Waals surface area contributed by atoms with Crippen molar-refractivity contribution in [1.82, 2.24) is 0 Å². The summed E-state index contributed by atoms with van der Waals surface area (Å²) in [5.41, 5.74) is 7.11. The Morgan fingerprint density at radius 3 is 2.59 bits per heavy atom.